The number of aryl methyl sites for hydroxylation is 1. The molecule has 0 bridgehead atoms. The second-order valence-corrected chi connectivity index (χ2v) is 5.37. The number of carbonyl (C=O) groups excluding carboxylic acids is 1. The first kappa shape index (κ1) is 13.9. The van der Waals surface area contributed by atoms with E-state index in [-0.39, 0.29) is 18.6 Å². The van der Waals surface area contributed by atoms with Gasteiger partial charge < -0.3 is 15.8 Å². The minimum atomic E-state index is -0.106. The van der Waals surface area contributed by atoms with Crippen molar-refractivity contribution in [3.8, 4) is 5.75 Å². The monoisotopic (exact) mass is 262 g/mol. The Morgan fingerprint density at radius 1 is 1.53 bits per heavy atom. The van der Waals surface area contributed by atoms with E-state index in [0.29, 0.717) is 11.7 Å². The summed E-state index contributed by atoms with van der Waals surface area (Å²) in [6.07, 6.45) is 2.46. The summed E-state index contributed by atoms with van der Waals surface area (Å²) in [5.41, 5.74) is 7.92. The molecule has 0 spiro atoms. The predicted octanol–water partition coefficient (Wildman–Crippen LogP) is 1.92. The Kier molecular flexibility index (Phi) is 4.43. The number of benzene rings is 1. The first-order valence-corrected chi connectivity index (χ1v) is 6.82. The number of nitrogens with two attached hydrogens (primary N) is 1. The Morgan fingerprint density at radius 3 is 2.89 bits per heavy atom. The van der Waals surface area contributed by atoms with Gasteiger partial charge in [0.2, 0.25) is 0 Å². The molecular weight excluding hydrogens is 240 g/mol. The van der Waals surface area contributed by atoms with E-state index >= 15 is 0 Å². The highest BCUT2D eigenvalue weighted by Gasteiger charge is 2.21. The summed E-state index contributed by atoms with van der Waals surface area (Å²) in [4.78, 5) is 11.6. The highest BCUT2D eigenvalue weighted by Crippen LogP contribution is 2.27. The van der Waals surface area contributed by atoms with Crippen molar-refractivity contribution in [2.24, 2.45) is 11.7 Å². The molecule has 0 aliphatic heterocycles. The molecule has 1 aromatic carbocycles. The summed E-state index contributed by atoms with van der Waals surface area (Å²) in [6.45, 7) is 4.72. The summed E-state index contributed by atoms with van der Waals surface area (Å²) >= 11 is 0. The fourth-order valence-electron chi connectivity index (χ4n) is 1.92. The summed E-state index contributed by atoms with van der Waals surface area (Å²) < 4.78 is 5.60. The van der Waals surface area contributed by atoms with Crippen molar-refractivity contribution in [3.63, 3.8) is 0 Å². The molecule has 2 rings (SSSR count). The average molecular weight is 262 g/mol. The Hall–Kier alpha value is -1.55. The third kappa shape index (κ3) is 4.24. The number of nitrogens with one attached hydrogen (secondary N) is 1. The zero-order chi connectivity index (χ0) is 13.8. The maximum absolute atomic E-state index is 11.6. The minimum absolute atomic E-state index is 0.0515. The highest BCUT2D eigenvalue weighted by atomic mass is 16.5. The van der Waals surface area contributed by atoms with Gasteiger partial charge in [-0.15, -0.1) is 0 Å². The van der Waals surface area contributed by atoms with Gasteiger partial charge >= 0.3 is 0 Å². The summed E-state index contributed by atoms with van der Waals surface area (Å²) in [7, 11) is 0. The molecule has 0 saturated heterocycles. The maximum atomic E-state index is 11.6. The van der Waals surface area contributed by atoms with Crippen LogP contribution in [0.5, 0.6) is 5.75 Å². The SMILES string of the molecule is Cc1ccc(C(C)N)c(OCC(=O)NCC2CC2)c1. The molecule has 4 nitrogen and oxygen atoms in total. The Bertz CT molecular complexity index is 453. The van der Waals surface area contributed by atoms with Crippen LogP contribution in [0, 0.1) is 12.8 Å². The molecule has 1 saturated carbocycles. The highest BCUT2D eigenvalue weighted by molar-refractivity contribution is 5.77. The van der Waals surface area contributed by atoms with E-state index < -0.39 is 0 Å². The topological polar surface area (TPSA) is 64.3 Å². The lowest BCUT2D eigenvalue weighted by atomic mass is 10.1. The Balaban J connectivity index is 1.89. The van der Waals surface area contributed by atoms with Crippen molar-refractivity contribution in [2.45, 2.75) is 32.7 Å². The second kappa shape index (κ2) is 6.06. The summed E-state index contributed by atoms with van der Waals surface area (Å²) in [5, 5.41) is 2.88. The summed E-state index contributed by atoms with van der Waals surface area (Å²) in [6, 6.07) is 5.77. The zero-order valence-electron chi connectivity index (χ0n) is 11.6. The molecule has 104 valence electrons. The van der Waals surface area contributed by atoms with Gasteiger partial charge in [-0.25, -0.2) is 0 Å². The molecule has 1 atom stereocenters. The molecular formula is C15H22N2O2. The molecule has 1 aliphatic rings. The first-order chi connectivity index (χ1) is 9.06. The van der Waals surface area contributed by atoms with Crippen molar-refractivity contribution < 1.29 is 9.53 Å². The van der Waals surface area contributed by atoms with Crippen LogP contribution in [-0.2, 0) is 4.79 Å². The van der Waals surface area contributed by atoms with Crippen LogP contribution in [-0.4, -0.2) is 19.1 Å². The van der Waals surface area contributed by atoms with Gasteiger partial charge in [0.25, 0.3) is 5.91 Å². The van der Waals surface area contributed by atoms with E-state index in [9.17, 15) is 4.79 Å². The first-order valence-electron chi connectivity index (χ1n) is 6.82. The van der Waals surface area contributed by atoms with Crippen LogP contribution in [0.15, 0.2) is 18.2 Å². The molecule has 1 amide bonds. The zero-order valence-corrected chi connectivity index (χ0v) is 11.6. The van der Waals surface area contributed by atoms with Gasteiger partial charge in [0, 0.05) is 18.2 Å². The molecule has 1 aromatic rings. The van der Waals surface area contributed by atoms with Gasteiger partial charge in [-0.2, -0.15) is 0 Å². The lowest BCUT2D eigenvalue weighted by Gasteiger charge is -2.14. The van der Waals surface area contributed by atoms with E-state index in [1.807, 2.05) is 32.0 Å². The number of amides is 1. The molecule has 0 radical (unpaired) electrons. The third-order valence-corrected chi connectivity index (χ3v) is 3.30. The van der Waals surface area contributed by atoms with Crippen LogP contribution in [0.1, 0.15) is 36.9 Å². The van der Waals surface area contributed by atoms with Gasteiger partial charge in [-0.1, -0.05) is 12.1 Å². The molecule has 1 unspecified atom stereocenters. The van der Waals surface area contributed by atoms with Gasteiger partial charge in [-0.3, -0.25) is 4.79 Å². The molecule has 3 N–H and O–H groups in total. The number of hydrogen-bond acceptors (Lipinski definition) is 3. The minimum Gasteiger partial charge on any atom is -0.483 e. The van der Waals surface area contributed by atoms with Crippen LogP contribution in [0.3, 0.4) is 0 Å². The third-order valence-electron chi connectivity index (χ3n) is 3.30. The van der Waals surface area contributed by atoms with E-state index in [2.05, 4.69) is 5.32 Å². The van der Waals surface area contributed by atoms with E-state index in [0.717, 1.165) is 17.7 Å². The van der Waals surface area contributed by atoms with Crippen molar-refractivity contribution in [1.29, 1.82) is 0 Å². The van der Waals surface area contributed by atoms with Crippen LogP contribution in [0.4, 0.5) is 0 Å². The standard InChI is InChI=1S/C15H22N2O2/c1-10-3-6-13(11(2)16)14(7-10)19-9-15(18)17-8-12-4-5-12/h3,6-7,11-12H,4-5,8-9,16H2,1-2H3,(H,17,18). The molecule has 1 fully saturated rings. The lowest BCUT2D eigenvalue weighted by Crippen LogP contribution is -2.30. The quantitative estimate of drug-likeness (QED) is 0.823. The van der Waals surface area contributed by atoms with E-state index in [4.69, 9.17) is 10.5 Å². The van der Waals surface area contributed by atoms with Gasteiger partial charge in [0.15, 0.2) is 6.61 Å². The van der Waals surface area contributed by atoms with E-state index in [1.54, 1.807) is 0 Å². The molecule has 0 heterocycles. The van der Waals surface area contributed by atoms with Gasteiger partial charge in [0.1, 0.15) is 5.75 Å². The van der Waals surface area contributed by atoms with Crippen LogP contribution in [0.25, 0.3) is 0 Å². The smallest absolute Gasteiger partial charge is 0.257 e. The van der Waals surface area contributed by atoms with E-state index in [1.165, 1.54) is 12.8 Å². The van der Waals surface area contributed by atoms with Gasteiger partial charge in [-0.05, 0) is 44.2 Å². The van der Waals surface area contributed by atoms with Crippen molar-refractivity contribution in [1.82, 2.24) is 5.32 Å². The molecule has 1 aliphatic carbocycles. The normalized spacial score (nSPS) is 15.9. The molecule has 0 aromatic heterocycles. The maximum Gasteiger partial charge on any atom is 0.257 e. The van der Waals surface area contributed by atoms with Crippen molar-refractivity contribution >= 4 is 5.91 Å². The second-order valence-electron chi connectivity index (χ2n) is 5.37. The predicted molar refractivity (Wildman–Crippen MR) is 75.0 cm³/mol. The molecule has 19 heavy (non-hydrogen) atoms. The number of hydrogen-bond donors (Lipinski definition) is 2. The summed E-state index contributed by atoms with van der Waals surface area (Å²) in [5.74, 6) is 1.32. The number of ether oxygens (including phenoxy) is 1. The molecule has 4 heteroatoms. The Morgan fingerprint density at radius 2 is 2.26 bits per heavy atom. The fraction of sp³-hybridized carbons (Fsp3) is 0.533. The van der Waals surface area contributed by atoms with Crippen LogP contribution < -0.4 is 15.8 Å². The van der Waals surface area contributed by atoms with Crippen molar-refractivity contribution in [3.05, 3.63) is 29.3 Å². The fourth-order valence-corrected chi connectivity index (χ4v) is 1.92. The Labute approximate surface area is 114 Å². The number of rotatable bonds is 6. The lowest BCUT2D eigenvalue weighted by molar-refractivity contribution is -0.123. The average Bonchev–Trinajstić information content (AvgIpc) is 3.17. The largest absolute Gasteiger partial charge is 0.483 e. The van der Waals surface area contributed by atoms with Gasteiger partial charge in [0.05, 0.1) is 0 Å². The number of carbonyl (C=O) groups is 1. The van der Waals surface area contributed by atoms with Crippen molar-refractivity contribution in [2.75, 3.05) is 13.2 Å². The van der Waals surface area contributed by atoms with Crippen LogP contribution >= 0.6 is 0 Å². The van der Waals surface area contributed by atoms with Crippen LogP contribution in [0.2, 0.25) is 0 Å².